The average Bonchev–Trinajstić information content (AvgIpc) is 2.55. The highest BCUT2D eigenvalue weighted by Gasteiger charge is 2.18. The fraction of sp³-hybridized carbons (Fsp3) is 0.211. The molecule has 6 nitrogen and oxygen atoms in total. The number of carbonyl (C=O) groups is 1. The van der Waals surface area contributed by atoms with Crippen molar-refractivity contribution in [1.29, 1.82) is 0 Å². The van der Waals surface area contributed by atoms with Crippen molar-refractivity contribution in [2.45, 2.75) is 27.4 Å². The maximum absolute atomic E-state index is 12.4. The zero-order chi connectivity index (χ0) is 19.0. The molecule has 0 saturated carbocycles. The quantitative estimate of drug-likeness (QED) is 0.426. The summed E-state index contributed by atoms with van der Waals surface area (Å²) in [4.78, 5) is 28.3. The summed E-state index contributed by atoms with van der Waals surface area (Å²) >= 11 is 6.07. The molecule has 0 unspecified atom stereocenters. The van der Waals surface area contributed by atoms with Crippen molar-refractivity contribution >= 4 is 28.5 Å². The van der Waals surface area contributed by atoms with Crippen LogP contribution in [0, 0.1) is 20.8 Å². The molecule has 134 valence electrons. The zero-order valence-electron chi connectivity index (χ0n) is 14.4. The highest BCUT2D eigenvalue weighted by atomic mass is 35.5. The lowest BCUT2D eigenvalue weighted by molar-refractivity contribution is 0.0472. The summed E-state index contributed by atoms with van der Waals surface area (Å²) in [5.41, 5.74) is 2.13. The molecule has 0 fully saturated rings. The molecular formula is C19H16ClNO5. The highest BCUT2D eigenvalue weighted by Crippen LogP contribution is 2.28. The molecule has 0 saturated heterocycles. The number of aromatic nitrogens is 1. The van der Waals surface area contributed by atoms with E-state index in [2.05, 4.69) is 4.98 Å². The van der Waals surface area contributed by atoms with Gasteiger partial charge in [0.25, 0.3) is 0 Å². The van der Waals surface area contributed by atoms with Gasteiger partial charge in [-0.05, 0) is 44.5 Å². The van der Waals surface area contributed by atoms with Crippen LogP contribution in [0.2, 0.25) is 5.15 Å². The lowest BCUT2D eigenvalue weighted by Gasteiger charge is -2.11. The summed E-state index contributed by atoms with van der Waals surface area (Å²) < 4.78 is 10.5. The number of aryl methyl sites for hydroxylation is 3. The van der Waals surface area contributed by atoms with Crippen LogP contribution in [0.1, 0.15) is 32.7 Å². The Hall–Kier alpha value is -2.86. The van der Waals surface area contributed by atoms with Gasteiger partial charge in [-0.3, -0.25) is 0 Å². The number of halogens is 1. The Morgan fingerprint density at radius 3 is 2.69 bits per heavy atom. The molecule has 2 aromatic heterocycles. The number of hydrogen-bond donors (Lipinski definition) is 1. The van der Waals surface area contributed by atoms with Crippen molar-refractivity contribution in [3.8, 4) is 5.75 Å². The van der Waals surface area contributed by atoms with E-state index in [1.165, 1.54) is 12.1 Å². The molecule has 0 aliphatic carbocycles. The first kappa shape index (κ1) is 17.9. The van der Waals surface area contributed by atoms with E-state index >= 15 is 0 Å². The van der Waals surface area contributed by atoms with Gasteiger partial charge in [-0.25, -0.2) is 14.6 Å². The third-order valence-electron chi connectivity index (χ3n) is 4.08. The molecule has 1 N–H and O–H groups in total. The molecule has 2 heterocycles. The van der Waals surface area contributed by atoms with Gasteiger partial charge in [-0.1, -0.05) is 11.6 Å². The van der Waals surface area contributed by atoms with Crippen LogP contribution in [0.3, 0.4) is 0 Å². The zero-order valence-corrected chi connectivity index (χ0v) is 15.2. The molecule has 0 amide bonds. The molecule has 3 aromatic rings. The Morgan fingerprint density at radius 1 is 1.27 bits per heavy atom. The Balaban J connectivity index is 1.95. The predicted octanol–water partition coefficient (Wildman–Crippen LogP) is 3.83. The minimum absolute atomic E-state index is 0.0166. The summed E-state index contributed by atoms with van der Waals surface area (Å²) in [5.74, 6) is -0.611. The van der Waals surface area contributed by atoms with E-state index in [1.807, 2.05) is 0 Å². The number of nitrogens with zero attached hydrogens (tertiary/aromatic N) is 1. The van der Waals surface area contributed by atoms with Gasteiger partial charge in [0.15, 0.2) is 0 Å². The van der Waals surface area contributed by atoms with E-state index in [1.54, 1.807) is 32.9 Å². The minimum Gasteiger partial charge on any atom is -0.508 e. The number of ether oxygens (including phenoxy) is 1. The maximum atomic E-state index is 12.4. The second kappa shape index (κ2) is 6.80. The molecule has 0 spiro atoms. The van der Waals surface area contributed by atoms with Crippen LogP contribution in [0.25, 0.3) is 11.0 Å². The topological polar surface area (TPSA) is 89.6 Å². The van der Waals surface area contributed by atoms with Gasteiger partial charge in [0, 0.05) is 28.3 Å². The second-order valence-electron chi connectivity index (χ2n) is 6.00. The van der Waals surface area contributed by atoms with E-state index in [0.29, 0.717) is 27.8 Å². The predicted molar refractivity (Wildman–Crippen MR) is 96.7 cm³/mol. The third kappa shape index (κ3) is 3.28. The number of benzene rings is 1. The first-order valence-corrected chi connectivity index (χ1v) is 8.22. The normalized spacial score (nSPS) is 10.9. The Labute approximate surface area is 154 Å². The number of aromatic hydroxyl groups is 1. The van der Waals surface area contributed by atoms with Crippen LogP contribution >= 0.6 is 11.6 Å². The van der Waals surface area contributed by atoms with E-state index in [0.717, 1.165) is 0 Å². The maximum Gasteiger partial charge on any atom is 0.341 e. The Kier molecular flexibility index (Phi) is 4.70. The van der Waals surface area contributed by atoms with Gasteiger partial charge in [-0.2, -0.15) is 0 Å². The van der Waals surface area contributed by atoms with Gasteiger partial charge in [0.2, 0.25) is 0 Å². The summed E-state index contributed by atoms with van der Waals surface area (Å²) in [6.45, 7) is 5.02. The Morgan fingerprint density at radius 2 is 2.00 bits per heavy atom. The van der Waals surface area contributed by atoms with Gasteiger partial charge in [-0.15, -0.1) is 0 Å². The number of esters is 1. The molecule has 0 aliphatic rings. The molecule has 26 heavy (non-hydrogen) atoms. The van der Waals surface area contributed by atoms with E-state index in [4.69, 9.17) is 20.8 Å². The molecule has 0 aliphatic heterocycles. The third-order valence-corrected chi connectivity index (χ3v) is 4.35. The molecular weight excluding hydrogens is 358 g/mol. The summed E-state index contributed by atoms with van der Waals surface area (Å²) in [6, 6.07) is 6.10. The molecule has 3 rings (SSSR count). The van der Waals surface area contributed by atoms with Crippen LogP contribution in [0.15, 0.2) is 33.5 Å². The number of carbonyl (C=O) groups excluding carboxylic acids is 1. The van der Waals surface area contributed by atoms with Gasteiger partial charge < -0.3 is 14.3 Å². The largest absolute Gasteiger partial charge is 0.508 e. The molecule has 0 bridgehead atoms. The second-order valence-corrected chi connectivity index (χ2v) is 6.36. The van der Waals surface area contributed by atoms with E-state index < -0.39 is 11.6 Å². The van der Waals surface area contributed by atoms with Gasteiger partial charge in [0.05, 0.1) is 5.56 Å². The summed E-state index contributed by atoms with van der Waals surface area (Å²) in [5, 5.41) is 10.4. The lowest BCUT2D eigenvalue weighted by atomic mass is 10.1. The van der Waals surface area contributed by atoms with Crippen LogP contribution in [-0.4, -0.2) is 16.1 Å². The van der Waals surface area contributed by atoms with Crippen LogP contribution in [0.4, 0.5) is 0 Å². The van der Waals surface area contributed by atoms with Crippen LogP contribution in [-0.2, 0) is 11.3 Å². The van der Waals surface area contributed by atoms with Crippen molar-refractivity contribution in [3.05, 3.63) is 67.8 Å². The SMILES string of the molecule is Cc1cc(C)c(C(=O)OCc2cc(=O)oc3c(C)c(O)ccc23)c(Cl)n1. The number of pyridine rings is 1. The lowest BCUT2D eigenvalue weighted by Crippen LogP contribution is -2.11. The monoisotopic (exact) mass is 373 g/mol. The van der Waals surface area contributed by atoms with Gasteiger partial charge >= 0.3 is 11.6 Å². The molecule has 1 aromatic carbocycles. The van der Waals surface area contributed by atoms with Crippen molar-refractivity contribution in [3.63, 3.8) is 0 Å². The molecule has 7 heteroatoms. The van der Waals surface area contributed by atoms with Crippen LogP contribution < -0.4 is 5.63 Å². The summed E-state index contributed by atoms with van der Waals surface area (Å²) in [7, 11) is 0. The first-order chi connectivity index (χ1) is 12.3. The van der Waals surface area contributed by atoms with Crippen LogP contribution in [0.5, 0.6) is 5.75 Å². The van der Waals surface area contributed by atoms with Crippen molar-refractivity contribution < 1.29 is 19.1 Å². The van der Waals surface area contributed by atoms with E-state index in [-0.39, 0.29) is 28.7 Å². The molecule has 0 radical (unpaired) electrons. The van der Waals surface area contributed by atoms with Crippen molar-refractivity contribution in [2.75, 3.05) is 0 Å². The number of phenolic OH excluding ortho intramolecular Hbond substituents is 1. The molecule has 0 atom stereocenters. The number of phenols is 1. The van der Waals surface area contributed by atoms with Crippen molar-refractivity contribution in [2.24, 2.45) is 0 Å². The minimum atomic E-state index is -0.628. The fourth-order valence-corrected chi connectivity index (χ4v) is 3.15. The Bertz CT molecular complexity index is 1060. The highest BCUT2D eigenvalue weighted by molar-refractivity contribution is 6.32. The van der Waals surface area contributed by atoms with E-state index in [9.17, 15) is 14.7 Å². The first-order valence-electron chi connectivity index (χ1n) is 7.84. The van der Waals surface area contributed by atoms with Gasteiger partial charge in [0.1, 0.15) is 23.1 Å². The fourth-order valence-electron chi connectivity index (χ4n) is 2.79. The standard InChI is InChI=1S/C19H16ClNO5/c1-9-6-10(2)21-18(20)16(9)19(24)25-8-12-7-15(23)26-17-11(3)14(22)5-4-13(12)17/h4-7,22H,8H2,1-3H3. The average molecular weight is 374 g/mol. The number of hydrogen-bond acceptors (Lipinski definition) is 6. The van der Waals surface area contributed by atoms with Crippen molar-refractivity contribution in [1.82, 2.24) is 4.98 Å². The number of rotatable bonds is 3. The summed E-state index contributed by atoms with van der Waals surface area (Å²) in [6.07, 6.45) is 0. The number of fused-ring (bicyclic) bond motifs is 1. The smallest absolute Gasteiger partial charge is 0.341 e.